The molecule has 2 aromatic rings. The Morgan fingerprint density at radius 3 is 1.97 bits per heavy atom. The van der Waals surface area contributed by atoms with Gasteiger partial charge in [0.05, 0.1) is 23.8 Å². The van der Waals surface area contributed by atoms with Gasteiger partial charge in [0, 0.05) is 39.4 Å². The van der Waals surface area contributed by atoms with Crippen molar-refractivity contribution in [2.45, 2.75) is 16.2 Å². The van der Waals surface area contributed by atoms with Crippen molar-refractivity contribution in [3.63, 3.8) is 0 Å². The minimum absolute atomic E-state index is 0.0284. The number of esters is 1. The van der Waals surface area contributed by atoms with Crippen molar-refractivity contribution < 1.29 is 26.4 Å². The number of methoxy groups -OCH3 is 1. The number of ether oxygens (including phenoxy) is 1. The third-order valence-corrected chi connectivity index (χ3v) is 8.41. The van der Waals surface area contributed by atoms with Crippen molar-refractivity contribution >= 4 is 26.0 Å². The molecule has 0 unspecified atom stereocenters. The quantitative estimate of drug-likeness (QED) is 0.611. The summed E-state index contributed by atoms with van der Waals surface area (Å²) in [5.74, 6) is -0.556. The van der Waals surface area contributed by atoms with Gasteiger partial charge in [-0.15, -0.1) is 0 Å². The van der Waals surface area contributed by atoms with Gasteiger partial charge in [-0.1, -0.05) is 0 Å². The summed E-state index contributed by atoms with van der Waals surface area (Å²) >= 11 is 0. The van der Waals surface area contributed by atoms with Gasteiger partial charge >= 0.3 is 5.97 Å². The Morgan fingerprint density at radius 1 is 0.931 bits per heavy atom. The minimum Gasteiger partial charge on any atom is -0.465 e. The molecule has 10 nitrogen and oxygen atoms in total. The third-order valence-electron chi connectivity index (χ3n) is 4.65. The number of hydrogen-bond acceptors (Lipinski definition) is 7. The summed E-state index contributed by atoms with van der Waals surface area (Å²) in [4.78, 5) is 11.6. The molecule has 0 spiro atoms. The lowest BCUT2D eigenvalue weighted by atomic mass is 10.2. The Bertz CT molecular complexity index is 1090. The maximum absolute atomic E-state index is 12.9. The van der Waals surface area contributed by atoms with Crippen LogP contribution in [0.15, 0.2) is 46.5 Å². The standard InChI is InChI=1S/C17H22N4O6S2/c1-19-13-16(12-18-19)29(25,26)21-9-3-8-20(10-11-21)28(23,24)15-6-4-14(5-7-15)17(22)27-2/h4-7,12-13H,3,8-11H2,1-2H3. The van der Waals surface area contributed by atoms with E-state index < -0.39 is 26.0 Å². The number of aryl methyl sites for hydroxylation is 1. The normalized spacial score (nSPS) is 17.0. The first-order valence-corrected chi connectivity index (χ1v) is 11.7. The molecule has 1 aliphatic heterocycles. The van der Waals surface area contributed by atoms with Crippen molar-refractivity contribution in [3.05, 3.63) is 42.2 Å². The first-order chi connectivity index (χ1) is 13.7. The minimum atomic E-state index is -3.82. The molecule has 0 aliphatic carbocycles. The SMILES string of the molecule is COC(=O)c1ccc(S(=O)(=O)N2CCCN(S(=O)(=O)c3cnn(C)c3)CC2)cc1. The lowest BCUT2D eigenvalue weighted by Gasteiger charge is -2.21. The topological polar surface area (TPSA) is 119 Å². The maximum Gasteiger partial charge on any atom is 0.337 e. The Morgan fingerprint density at radius 2 is 1.48 bits per heavy atom. The summed E-state index contributed by atoms with van der Waals surface area (Å²) < 4.78 is 60.0. The molecule has 0 saturated carbocycles. The van der Waals surface area contributed by atoms with Crippen molar-refractivity contribution in [2.24, 2.45) is 7.05 Å². The van der Waals surface area contributed by atoms with E-state index in [-0.39, 0.29) is 41.5 Å². The number of carbonyl (C=O) groups excluding carboxylic acids is 1. The van der Waals surface area contributed by atoms with Crippen LogP contribution in [0, 0.1) is 0 Å². The smallest absolute Gasteiger partial charge is 0.337 e. The van der Waals surface area contributed by atoms with Crippen LogP contribution in [0.3, 0.4) is 0 Å². The average molecular weight is 443 g/mol. The second-order valence-corrected chi connectivity index (χ2v) is 10.4. The summed E-state index contributed by atoms with van der Waals surface area (Å²) in [6, 6.07) is 5.46. The number of sulfonamides is 2. The van der Waals surface area contributed by atoms with Crippen LogP contribution < -0.4 is 0 Å². The molecule has 0 radical (unpaired) electrons. The van der Waals surface area contributed by atoms with Gasteiger partial charge in [0.1, 0.15) is 4.90 Å². The number of aromatic nitrogens is 2. The summed E-state index contributed by atoms with van der Waals surface area (Å²) in [7, 11) is -4.69. The van der Waals surface area contributed by atoms with Crippen LogP contribution in [-0.4, -0.2) is 74.5 Å². The number of benzene rings is 1. The van der Waals surface area contributed by atoms with E-state index in [0.29, 0.717) is 6.42 Å². The lowest BCUT2D eigenvalue weighted by Crippen LogP contribution is -2.37. The van der Waals surface area contributed by atoms with E-state index in [1.54, 1.807) is 7.05 Å². The Labute approximate surface area is 169 Å². The number of rotatable bonds is 5. The van der Waals surface area contributed by atoms with Gasteiger partial charge in [0.15, 0.2) is 0 Å². The van der Waals surface area contributed by atoms with Crippen LogP contribution in [0.2, 0.25) is 0 Å². The molecule has 1 saturated heterocycles. The second-order valence-electron chi connectivity index (χ2n) is 6.53. The van der Waals surface area contributed by atoms with Crippen molar-refractivity contribution in [1.29, 1.82) is 0 Å². The Kier molecular flexibility index (Phi) is 6.08. The average Bonchev–Trinajstić information content (AvgIpc) is 2.99. The third kappa shape index (κ3) is 4.34. The van der Waals surface area contributed by atoms with Crippen LogP contribution >= 0.6 is 0 Å². The van der Waals surface area contributed by atoms with Gasteiger partial charge in [-0.2, -0.15) is 13.7 Å². The highest BCUT2D eigenvalue weighted by atomic mass is 32.2. The molecular weight excluding hydrogens is 420 g/mol. The summed E-state index contributed by atoms with van der Waals surface area (Å²) in [5, 5.41) is 3.89. The van der Waals surface area contributed by atoms with Gasteiger partial charge in [0.25, 0.3) is 0 Å². The Hall–Kier alpha value is -2.28. The van der Waals surface area contributed by atoms with Gasteiger partial charge in [-0.05, 0) is 30.7 Å². The highest BCUT2D eigenvalue weighted by Crippen LogP contribution is 2.21. The molecule has 158 valence electrons. The summed E-state index contributed by atoms with van der Waals surface area (Å²) in [5.41, 5.74) is 0.246. The summed E-state index contributed by atoms with van der Waals surface area (Å²) in [6.45, 7) is 0.474. The van der Waals surface area contributed by atoms with E-state index in [0.717, 1.165) is 0 Å². The fourth-order valence-electron chi connectivity index (χ4n) is 3.06. The lowest BCUT2D eigenvalue weighted by molar-refractivity contribution is 0.0600. The number of nitrogens with zero attached hydrogens (tertiary/aromatic N) is 4. The van der Waals surface area contributed by atoms with Crippen LogP contribution in [0.1, 0.15) is 16.8 Å². The van der Waals surface area contributed by atoms with E-state index in [2.05, 4.69) is 9.84 Å². The largest absolute Gasteiger partial charge is 0.465 e. The number of hydrogen-bond donors (Lipinski definition) is 0. The maximum atomic E-state index is 12.9. The molecule has 29 heavy (non-hydrogen) atoms. The molecule has 1 aromatic carbocycles. The Balaban J connectivity index is 1.77. The van der Waals surface area contributed by atoms with Crippen molar-refractivity contribution in [3.8, 4) is 0 Å². The molecule has 0 amide bonds. The molecule has 12 heteroatoms. The fourth-order valence-corrected chi connectivity index (χ4v) is 5.99. The zero-order chi connectivity index (χ0) is 21.2. The van der Waals surface area contributed by atoms with Crippen LogP contribution in [-0.2, 0) is 31.8 Å². The summed E-state index contributed by atoms with van der Waals surface area (Å²) in [6.07, 6.45) is 3.05. The van der Waals surface area contributed by atoms with Gasteiger partial charge in [-0.3, -0.25) is 4.68 Å². The highest BCUT2D eigenvalue weighted by molar-refractivity contribution is 7.89. The molecule has 1 aliphatic rings. The highest BCUT2D eigenvalue weighted by Gasteiger charge is 2.32. The number of carbonyl (C=O) groups is 1. The van der Waals surface area contributed by atoms with E-state index in [4.69, 9.17) is 0 Å². The predicted octanol–water partition coefficient (Wildman–Crippen LogP) is 0.292. The van der Waals surface area contributed by atoms with Gasteiger partial charge in [-0.25, -0.2) is 21.6 Å². The van der Waals surface area contributed by atoms with Crippen molar-refractivity contribution in [1.82, 2.24) is 18.4 Å². The molecular formula is C17H22N4O6S2. The zero-order valence-electron chi connectivity index (χ0n) is 16.1. The molecule has 1 fully saturated rings. The van der Waals surface area contributed by atoms with E-state index >= 15 is 0 Å². The first kappa shape index (κ1) is 21.4. The predicted molar refractivity (Wildman–Crippen MR) is 103 cm³/mol. The van der Waals surface area contributed by atoms with Crippen molar-refractivity contribution in [2.75, 3.05) is 33.3 Å². The first-order valence-electron chi connectivity index (χ1n) is 8.83. The second kappa shape index (κ2) is 8.22. The monoisotopic (exact) mass is 442 g/mol. The molecule has 2 heterocycles. The fraction of sp³-hybridized carbons (Fsp3) is 0.412. The molecule has 3 rings (SSSR count). The molecule has 0 bridgehead atoms. The van der Waals surface area contributed by atoms with Crippen LogP contribution in [0.25, 0.3) is 0 Å². The molecule has 0 N–H and O–H groups in total. The van der Waals surface area contributed by atoms with E-state index in [1.807, 2.05) is 0 Å². The van der Waals surface area contributed by atoms with Crippen LogP contribution in [0.4, 0.5) is 0 Å². The van der Waals surface area contributed by atoms with Crippen LogP contribution in [0.5, 0.6) is 0 Å². The zero-order valence-corrected chi connectivity index (χ0v) is 17.7. The molecule has 1 aromatic heterocycles. The van der Waals surface area contributed by atoms with Gasteiger partial charge < -0.3 is 4.74 Å². The molecule has 0 atom stereocenters. The van der Waals surface area contributed by atoms with E-state index in [9.17, 15) is 21.6 Å². The van der Waals surface area contributed by atoms with Gasteiger partial charge in [0.2, 0.25) is 20.0 Å². The van der Waals surface area contributed by atoms with E-state index in [1.165, 1.54) is 57.1 Å².